The predicted molar refractivity (Wildman–Crippen MR) is 80.7 cm³/mol. The molecule has 110 valence electrons. The first-order chi connectivity index (χ1) is 9.52. The molecule has 1 fully saturated rings. The third-order valence-electron chi connectivity index (χ3n) is 3.80. The van der Waals surface area contributed by atoms with Crippen LogP contribution in [0.4, 0.5) is 11.5 Å². The lowest BCUT2D eigenvalue weighted by molar-refractivity contribution is 0.100. The second kappa shape index (κ2) is 6.09. The van der Waals surface area contributed by atoms with Crippen molar-refractivity contribution in [2.24, 2.45) is 5.73 Å². The quantitative estimate of drug-likeness (QED) is 0.848. The van der Waals surface area contributed by atoms with Crippen LogP contribution >= 0.6 is 0 Å². The Balaban J connectivity index is 2.39. The molecule has 1 unspecified atom stereocenters. The Bertz CT molecular complexity index is 490. The van der Waals surface area contributed by atoms with Gasteiger partial charge in [0.25, 0.3) is 5.91 Å². The van der Waals surface area contributed by atoms with Crippen molar-refractivity contribution in [2.75, 3.05) is 37.3 Å². The third kappa shape index (κ3) is 3.01. The predicted octanol–water partition coefficient (Wildman–Crippen LogP) is 0.683. The number of primary amides is 1. The molecule has 0 radical (unpaired) electrons. The average Bonchev–Trinajstić information content (AvgIpc) is 2.60. The lowest BCUT2D eigenvalue weighted by Crippen LogP contribution is -2.41. The smallest absolute Gasteiger partial charge is 0.252 e. The number of anilines is 2. The van der Waals surface area contributed by atoms with E-state index in [1.165, 1.54) is 0 Å². The highest BCUT2D eigenvalue weighted by Crippen LogP contribution is 2.25. The summed E-state index contributed by atoms with van der Waals surface area (Å²) < 4.78 is 0. The van der Waals surface area contributed by atoms with Gasteiger partial charge in [0.15, 0.2) is 0 Å². The standard InChI is InChI=1S/C14H23N5O/c1-3-11-9-18(2)5-4-6-19(11)14-12(13(16)20)7-10(15)8-17-14/h7-8,11H,3-6,9,15H2,1-2H3,(H2,16,20). The van der Waals surface area contributed by atoms with Crippen LogP contribution in [0.2, 0.25) is 0 Å². The molecule has 2 rings (SSSR count). The van der Waals surface area contributed by atoms with E-state index in [1.54, 1.807) is 12.3 Å². The van der Waals surface area contributed by atoms with Crippen molar-refractivity contribution in [3.63, 3.8) is 0 Å². The lowest BCUT2D eigenvalue weighted by atomic mass is 10.1. The summed E-state index contributed by atoms with van der Waals surface area (Å²) in [5, 5.41) is 0. The first kappa shape index (κ1) is 14.6. The van der Waals surface area contributed by atoms with Gasteiger partial charge in [-0.1, -0.05) is 6.92 Å². The Kier molecular flexibility index (Phi) is 4.44. The van der Waals surface area contributed by atoms with E-state index in [0.717, 1.165) is 32.5 Å². The van der Waals surface area contributed by atoms with Crippen molar-refractivity contribution in [1.29, 1.82) is 0 Å². The summed E-state index contributed by atoms with van der Waals surface area (Å²) in [6.45, 7) is 5.03. The van der Waals surface area contributed by atoms with E-state index < -0.39 is 5.91 Å². The largest absolute Gasteiger partial charge is 0.397 e. The summed E-state index contributed by atoms with van der Waals surface area (Å²) in [6, 6.07) is 1.95. The highest BCUT2D eigenvalue weighted by atomic mass is 16.1. The van der Waals surface area contributed by atoms with Crippen molar-refractivity contribution in [1.82, 2.24) is 9.88 Å². The van der Waals surface area contributed by atoms with Crippen LogP contribution in [0.1, 0.15) is 30.1 Å². The zero-order valence-electron chi connectivity index (χ0n) is 12.2. The zero-order chi connectivity index (χ0) is 14.7. The Morgan fingerprint density at radius 1 is 1.50 bits per heavy atom. The molecule has 6 nitrogen and oxygen atoms in total. The van der Waals surface area contributed by atoms with E-state index in [1.807, 2.05) is 0 Å². The van der Waals surface area contributed by atoms with E-state index >= 15 is 0 Å². The molecule has 1 saturated heterocycles. The third-order valence-corrected chi connectivity index (χ3v) is 3.80. The number of rotatable bonds is 3. The molecule has 0 aliphatic carbocycles. The van der Waals surface area contributed by atoms with Gasteiger partial charge in [0.2, 0.25) is 0 Å². The van der Waals surface area contributed by atoms with Crippen LogP contribution < -0.4 is 16.4 Å². The van der Waals surface area contributed by atoms with Gasteiger partial charge in [-0.2, -0.15) is 0 Å². The van der Waals surface area contributed by atoms with Gasteiger partial charge in [-0.15, -0.1) is 0 Å². The molecule has 0 aromatic carbocycles. The van der Waals surface area contributed by atoms with Crippen LogP contribution in [0.5, 0.6) is 0 Å². The van der Waals surface area contributed by atoms with Gasteiger partial charge in [0.1, 0.15) is 5.82 Å². The first-order valence-electron chi connectivity index (χ1n) is 7.03. The summed E-state index contributed by atoms with van der Waals surface area (Å²) in [5.41, 5.74) is 12.1. The molecule has 1 atom stereocenters. The van der Waals surface area contributed by atoms with Crippen molar-refractivity contribution < 1.29 is 4.79 Å². The molecule has 20 heavy (non-hydrogen) atoms. The fourth-order valence-corrected chi connectivity index (χ4v) is 2.76. The molecule has 0 saturated carbocycles. The van der Waals surface area contributed by atoms with Gasteiger partial charge < -0.3 is 21.3 Å². The number of carbonyl (C=O) groups is 1. The normalized spacial score (nSPS) is 20.7. The minimum absolute atomic E-state index is 0.330. The van der Waals surface area contributed by atoms with Crippen LogP contribution in [0.3, 0.4) is 0 Å². The number of likely N-dealkylation sites (N-methyl/N-ethyl adjacent to an activating group) is 1. The molecular formula is C14H23N5O. The van der Waals surface area contributed by atoms with Gasteiger partial charge in [-0.25, -0.2) is 4.98 Å². The maximum atomic E-state index is 11.7. The number of hydrogen-bond donors (Lipinski definition) is 2. The zero-order valence-corrected chi connectivity index (χ0v) is 12.2. The van der Waals surface area contributed by atoms with E-state index in [2.05, 4.69) is 28.8 Å². The summed E-state index contributed by atoms with van der Waals surface area (Å²) >= 11 is 0. The van der Waals surface area contributed by atoms with E-state index in [4.69, 9.17) is 11.5 Å². The van der Waals surface area contributed by atoms with Crippen LogP contribution in [0.15, 0.2) is 12.3 Å². The summed E-state index contributed by atoms with van der Waals surface area (Å²) in [4.78, 5) is 20.5. The maximum absolute atomic E-state index is 11.7. The molecule has 4 N–H and O–H groups in total. The molecular weight excluding hydrogens is 254 g/mol. The van der Waals surface area contributed by atoms with Crippen LogP contribution in [-0.4, -0.2) is 48.5 Å². The average molecular weight is 277 g/mol. The topological polar surface area (TPSA) is 88.5 Å². The highest BCUT2D eigenvalue weighted by molar-refractivity contribution is 5.98. The second-order valence-electron chi connectivity index (χ2n) is 5.38. The van der Waals surface area contributed by atoms with Crippen LogP contribution in [0.25, 0.3) is 0 Å². The molecule has 1 amide bonds. The van der Waals surface area contributed by atoms with Crippen molar-refractivity contribution in [3.05, 3.63) is 17.8 Å². The minimum atomic E-state index is -0.479. The first-order valence-corrected chi connectivity index (χ1v) is 7.03. The van der Waals surface area contributed by atoms with E-state index in [0.29, 0.717) is 23.1 Å². The number of nitrogen functional groups attached to an aromatic ring is 1. The Morgan fingerprint density at radius 3 is 2.90 bits per heavy atom. The summed E-state index contributed by atoms with van der Waals surface area (Å²) in [7, 11) is 2.12. The molecule has 6 heteroatoms. The number of hydrogen-bond acceptors (Lipinski definition) is 5. The lowest BCUT2D eigenvalue weighted by Gasteiger charge is -2.32. The van der Waals surface area contributed by atoms with Gasteiger partial charge in [0, 0.05) is 19.1 Å². The SMILES string of the molecule is CCC1CN(C)CCCN1c1ncc(N)cc1C(N)=O. The molecule has 0 bridgehead atoms. The number of aromatic nitrogens is 1. The van der Waals surface area contributed by atoms with E-state index in [9.17, 15) is 4.79 Å². The fraction of sp³-hybridized carbons (Fsp3) is 0.571. The highest BCUT2D eigenvalue weighted by Gasteiger charge is 2.26. The Morgan fingerprint density at radius 2 is 2.25 bits per heavy atom. The number of amides is 1. The second-order valence-corrected chi connectivity index (χ2v) is 5.38. The monoisotopic (exact) mass is 277 g/mol. The summed E-state index contributed by atoms with van der Waals surface area (Å²) in [5.74, 6) is 0.182. The van der Waals surface area contributed by atoms with Crippen molar-refractivity contribution in [2.45, 2.75) is 25.8 Å². The minimum Gasteiger partial charge on any atom is -0.397 e. The molecule has 1 aromatic heterocycles. The number of nitrogens with two attached hydrogens (primary N) is 2. The summed E-state index contributed by atoms with van der Waals surface area (Å²) in [6.07, 6.45) is 3.62. The Hall–Kier alpha value is -1.82. The van der Waals surface area contributed by atoms with Gasteiger partial charge in [-0.3, -0.25) is 4.79 Å². The number of nitrogens with zero attached hydrogens (tertiary/aromatic N) is 3. The van der Waals surface area contributed by atoms with Gasteiger partial charge in [-0.05, 0) is 32.5 Å². The molecule has 1 aromatic rings. The van der Waals surface area contributed by atoms with Crippen molar-refractivity contribution >= 4 is 17.4 Å². The van der Waals surface area contributed by atoms with Crippen LogP contribution in [-0.2, 0) is 0 Å². The van der Waals surface area contributed by atoms with Crippen molar-refractivity contribution in [3.8, 4) is 0 Å². The molecule has 1 aliphatic rings. The molecule has 0 spiro atoms. The van der Waals surface area contributed by atoms with Gasteiger partial charge in [0.05, 0.1) is 17.4 Å². The number of carbonyl (C=O) groups excluding carboxylic acids is 1. The molecule has 1 aliphatic heterocycles. The van der Waals surface area contributed by atoms with Crippen LogP contribution in [0, 0.1) is 0 Å². The Labute approximate surface area is 119 Å². The van der Waals surface area contributed by atoms with E-state index in [-0.39, 0.29) is 0 Å². The fourth-order valence-electron chi connectivity index (χ4n) is 2.76. The molecule has 2 heterocycles. The maximum Gasteiger partial charge on any atom is 0.252 e. The number of pyridine rings is 1. The van der Waals surface area contributed by atoms with Gasteiger partial charge >= 0.3 is 0 Å².